The average molecular weight is 177 g/mol. The van der Waals surface area contributed by atoms with Crippen LogP contribution < -0.4 is 5.73 Å². The highest BCUT2D eigenvalue weighted by Crippen LogP contribution is 2.14. The van der Waals surface area contributed by atoms with Crippen LogP contribution in [0.15, 0.2) is 24.3 Å². The van der Waals surface area contributed by atoms with Gasteiger partial charge in [-0.15, -0.1) is 0 Å². The van der Waals surface area contributed by atoms with Crippen molar-refractivity contribution in [3.05, 3.63) is 35.4 Å². The second kappa shape index (κ2) is 3.76. The van der Waals surface area contributed by atoms with E-state index in [9.17, 15) is 4.79 Å². The third kappa shape index (κ3) is 2.63. The Balaban J connectivity index is 3.00. The van der Waals surface area contributed by atoms with Crippen LogP contribution in [0.3, 0.4) is 0 Å². The summed E-state index contributed by atoms with van der Waals surface area (Å²) >= 11 is 0. The normalized spacial score (nSPS) is 10.5. The Morgan fingerprint density at radius 2 is 2.23 bits per heavy atom. The molecule has 0 saturated carbocycles. The Hall–Kier alpha value is -1.77. The number of hydrogen-bond donors (Lipinski definition) is 2. The molecular weight excluding hydrogens is 166 g/mol. The van der Waals surface area contributed by atoms with Crippen molar-refractivity contribution < 1.29 is 9.90 Å². The minimum atomic E-state index is -0.971. The minimum absolute atomic E-state index is 0.586. The van der Waals surface area contributed by atoms with Gasteiger partial charge < -0.3 is 10.8 Å². The van der Waals surface area contributed by atoms with E-state index < -0.39 is 5.97 Å². The van der Waals surface area contributed by atoms with Crippen molar-refractivity contribution in [2.45, 2.75) is 6.92 Å². The quantitative estimate of drug-likeness (QED) is 0.533. The van der Waals surface area contributed by atoms with E-state index >= 15 is 0 Å². The van der Waals surface area contributed by atoms with Gasteiger partial charge in [0.15, 0.2) is 0 Å². The molecule has 0 aliphatic carbocycles. The third-order valence-corrected chi connectivity index (χ3v) is 1.65. The molecule has 13 heavy (non-hydrogen) atoms. The Morgan fingerprint density at radius 1 is 1.54 bits per heavy atom. The summed E-state index contributed by atoms with van der Waals surface area (Å²) in [5.74, 6) is -0.971. The van der Waals surface area contributed by atoms with Crippen LogP contribution in [0.2, 0.25) is 0 Å². The summed E-state index contributed by atoms with van der Waals surface area (Å²) in [5.41, 5.74) is 8.01. The molecule has 0 saturated heterocycles. The van der Waals surface area contributed by atoms with Gasteiger partial charge in [-0.2, -0.15) is 0 Å². The predicted octanol–water partition coefficient (Wildman–Crippen LogP) is 1.68. The van der Waals surface area contributed by atoms with Crippen LogP contribution in [0.1, 0.15) is 11.1 Å². The highest BCUT2D eigenvalue weighted by atomic mass is 16.4. The van der Waals surface area contributed by atoms with Crippen LogP contribution in [-0.4, -0.2) is 11.1 Å². The molecule has 1 aromatic carbocycles. The van der Waals surface area contributed by atoms with E-state index in [1.807, 2.05) is 19.1 Å². The average Bonchev–Trinajstić information content (AvgIpc) is 2.06. The van der Waals surface area contributed by atoms with Crippen molar-refractivity contribution in [3.8, 4) is 0 Å². The predicted molar refractivity (Wildman–Crippen MR) is 52.3 cm³/mol. The SMILES string of the molecule is Cc1ccc(N)c(/C=C/C(=O)O)c1. The smallest absolute Gasteiger partial charge is 0.328 e. The first-order valence-electron chi connectivity index (χ1n) is 3.87. The molecule has 0 spiro atoms. The molecule has 0 fully saturated rings. The summed E-state index contributed by atoms with van der Waals surface area (Å²) in [7, 11) is 0. The molecule has 0 aromatic heterocycles. The molecule has 0 heterocycles. The largest absolute Gasteiger partial charge is 0.478 e. The van der Waals surface area contributed by atoms with Gasteiger partial charge in [-0.05, 0) is 30.7 Å². The van der Waals surface area contributed by atoms with E-state index in [1.165, 1.54) is 6.08 Å². The summed E-state index contributed by atoms with van der Waals surface area (Å²) in [6, 6.07) is 5.49. The molecule has 3 heteroatoms. The van der Waals surface area contributed by atoms with Gasteiger partial charge in [-0.1, -0.05) is 11.6 Å². The molecule has 0 unspecified atom stereocenters. The number of aliphatic carboxylic acids is 1. The van der Waals surface area contributed by atoms with E-state index in [-0.39, 0.29) is 0 Å². The number of carbonyl (C=O) groups is 1. The standard InChI is InChI=1S/C10H11NO2/c1-7-2-4-9(11)8(6-7)3-5-10(12)13/h2-6H,11H2,1H3,(H,12,13)/b5-3+. The molecule has 0 aliphatic heterocycles. The molecule has 1 rings (SSSR count). The second-order valence-corrected chi connectivity index (χ2v) is 2.80. The van der Waals surface area contributed by atoms with Crippen molar-refractivity contribution in [2.75, 3.05) is 5.73 Å². The number of carboxylic acid groups (broad SMARTS) is 1. The number of benzene rings is 1. The third-order valence-electron chi connectivity index (χ3n) is 1.65. The van der Waals surface area contributed by atoms with Crippen molar-refractivity contribution in [1.29, 1.82) is 0 Å². The van der Waals surface area contributed by atoms with Gasteiger partial charge in [0.25, 0.3) is 0 Å². The number of aryl methyl sites for hydroxylation is 1. The number of nitrogen functional groups attached to an aromatic ring is 1. The number of hydrogen-bond acceptors (Lipinski definition) is 2. The van der Waals surface area contributed by atoms with Crippen molar-refractivity contribution >= 4 is 17.7 Å². The molecule has 0 amide bonds. The first-order chi connectivity index (χ1) is 6.09. The maximum atomic E-state index is 10.2. The van der Waals surface area contributed by atoms with Gasteiger partial charge in [0.1, 0.15) is 0 Å². The van der Waals surface area contributed by atoms with Crippen LogP contribution in [0, 0.1) is 6.92 Å². The van der Waals surface area contributed by atoms with E-state index in [0.717, 1.165) is 17.2 Å². The lowest BCUT2D eigenvalue weighted by Gasteiger charge is -2.00. The first-order valence-corrected chi connectivity index (χ1v) is 3.87. The Kier molecular flexibility index (Phi) is 2.69. The zero-order valence-electron chi connectivity index (χ0n) is 7.32. The van der Waals surface area contributed by atoms with Gasteiger partial charge in [0.05, 0.1) is 0 Å². The Bertz CT molecular complexity index is 356. The lowest BCUT2D eigenvalue weighted by Crippen LogP contribution is -1.91. The fourth-order valence-corrected chi connectivity index (χ4v) is 1.000. The van der Waals surface area contributed by atoms with Crippen LogP contribution in [-0.2, 0) is 4.79 Å². The van der Waals surface area contributed by atoms with E-state index in [2.05, 4.69) is 0 Å². The van der Waals surface area contributed by atoms with Gasteiger partial charge in [-0.3, -0.25) is 0 Å². The van der Waals surface area contributed by atoms with E-state index in [0.29, 0.717) is 5.69 Å². The zero-order chi connectivity index (χ0) is 9.84. The van der Waals surface area contributed by atoms with Crippen molar-refractivity contribution in [3.63, 3.8) is 0 Å². The monoisotopic (exact) mass is 177 g/mol. The van der Waals surface area contributed by atoms with Gasteiger partial charge in [0.2, 0.25) is 0 Å². The topological polar surface area (TPSA) is 63.3 Å². The number of nitrogens with two attached hydrogens (primary N) is 1. The molecule has 0 radical (unpaired) electrons. The first kappa shape index (κ1) is 9.32. The molecule has 1 aromatic rings. The van der Waals surface area contributed by atoms with Crippen molar-refractivity contribution in [2.24, 2.45) is 0 Å². The van der Waals surface area contributed by atoms with E-state index in [4.69, 9.17) is 10.8 Å². The summed E-state index contributed by atoms with van der Waals surface area (Å²) < 4.78 is 0. The zero-order valence-corrected chi connectivity index (χ0v) is 7.32. The van der Waals surface area contributed by atoms with E-state index in [1.54, 1.807) is 6.07 Å². The van der Waals surface area contributed by atoms with Crippen LogP contribution in [0.25, 0.3) is 6.08 Å². The molecule has 0 atom stereocenters. The molecule has 3 nitrogen and oxygen atoms in total. The van der Waals surface area contributed by atoms with Crippen molar-refractivity contribution in [1.82, 2.24) is 0 Å². The summed E-state index contributed by atoms with van der Waals surface area (Å²) in [4.78, 5) is 10.2. The van der Waals surface area contributed by atoms with Crippen LogP contribution in [0.4, 0.5) is 5.69 Å². The fourth-order valence-electron chi connectivity index (χ4n) is 1.000. The minimum Gasteiger partial charge on any atom is -0.478 e. The number of rotatable bonds is 2. The summed E-state index contributed by atoms with van der Waals surface area (Å²) in [6.07, 6.45) is 2.57. The lowest BCUT2D eigenvalue weighted by atomic mass is 10.1. The maximum absolute atomic E-state index is 10.2. The van der Waals surface area contributed by atoms with Gasteiger partial charge in [0, 0.05) is 11.8 Å². The molecule has 68 valence electrons. The second-order valence-electron chi connectivity index (χ2n) is 2.80. The number of carboxylic acids is 1. The Morgan fingerprint density at radius 3 is 2.85 bits per heavy atom. The molecule has 3 N–H and O–H groups in total. The number of anilines is 1. The van der Waals surface area contributed by atoms with Gasteiger partial charge in [-0.25, -0.2) is 4.79 Å². The summed E-state index contributed by atoms with van der Waals surface area (Å²) in [5, 5.41) is 8.41. The molecule has 0 bridgehead atoms. The summed E-state index contributed by atoms with van der Waals surface area (Å²) in [6.45, 7) is 1.93. The molecule has 0 aliphatic rings. The lowest BCUT2D eigenvalue weighted by molar-refractivity contribution is -0.131. The van der Waals surface area contributed by atoms with Gasteiger partial charge >= 0.3 is 5.97 Å². The molecular formula is C10H11NO2. The fraction of sp³-hybridized carbons (Fsp3) is 0.100. The highest BCUT2D eigenvalue weighted by molar-refractivity contribution is 5.86. The Labute approximate surface area is 76.5 Å². The van der Waals surface area contributed by atoms with Crippen LogP contribution >= 0.6 is 0 Å². The highest BCUT2D eigenvalue weighted by Gasteiger charge is 1.95. The maximum Gasteiger partial charge on any atom is 0.328 e. The van der Waals surface area contributed by atoms with Crippen LogP contribution in [0.5, 0.6) is 0 Å².